The number of nitrogens with two attached hydrogens (primary N) is 1. The zero-order chi connectivity index (χ0) is 72.4. The summed E-state index contributed by atoms with van der Waals surface area (Å²) in [5, 5.41) is 23.1. The van der Waals surface area contributed by atoms with E-state index in [1.807, 2.05) is 0 Å². The van der Waals surface area contributed by atoms with Gasteiger partial charge in [-0.25, -0.2) is 40.7 Å². The smallest absolute Gasteiger partial charge is 0.387 e. The molecule has 4 aromatic heterocycles. The molecule has 0 aliphatic rings. The summed E-state index contributed by atoms with van der Waals surface area (Å²) >= 11 is 0. The van der Waals surface area contributed by atoms with Crippen LogP contribution in [0.2, 0.25) is 0 Å². The molecule has 0 fully saturated rings. The lowest BCUT2D eigenvalue weighted by atomic mass is 9.87. The summed E-state index contributed by atoms with van der Waals surface area (Å²) in [5.74, 6) is -4.89. The monoisotopic (exact) mass is 1410 g/mol. The van der Waals surface area contributed by atoms with Crippen LogP contribution in [0.25, 0.3) is 22.3 Å². The van der Waals surface area contributed by atoms with Gasteiger partial charge in [-0.1, -0.05) is 52.0 Å². The number of aliphatic carboxylic acids is 1. The maximum absolute atomic E-state index is 15.8. The highest BCUT2D eigenvalue weighted by molar-refractivity contribution is 7.89. The minimum atomic E-state index is -4.10. The van der Waals surface area contributed by atoms with E-state index in [0.29, 0.717) is 22.6 Å². The van der Waals surface area contributed by atoms with Crippen LogP contribution in [-0.4, -0.2) is 114 Å². The number of ether oxygens (including phenoxy) is 7. The molecule has 4 aromatic carbocycles. The van der Waals surface area contributed by atoms with Gasteiger partial charge in [0.15, 0.2) is 23.1 Å². The first-order valence-electron chi connectivity index (χ1n) is 30.4. The Morgan fingerprint density at radius 2 is 1.00 bits per heavy atom. The van der Waals surface area contributed by atoms with Crippen molar-refractivity contribution in [3.63, 3.8) is 0 Å². The van der Waals surface area contributed by atoms with Gasteiger partial charge in [0.1, 0.15) is 40.1 Å². The van der Waals surface area contributed by atoms with Crippen LogP contribution in [-0.2, 0) is 71.4 Å². The van der Waals surface area contributed by atoms with Crippen LogP contribution in [0.1, 0.15) is 121 Å². The fourth-order valence-corrected chi connectivity index (χ4v) is 12.1. The Bertz CT molecular complexity index is 4290. The number of carboxylic acid groups (broad SMARTS) is 1. The lowest BCUT2D eigenvalue weighted by molar-refractivity contribution is -0.154. The second-order valence-corrected chi connectivity index (χ2v) is 28.9. The molecule has 98 heavy (non-hydrogen) atoms. The van der Waals surface area contributed by atoms with Gasteiger partial charge in [-0.3, -0.25) is 19.0 Å². The van der Waals surface area contributed by atoms with E-state index in [2.05, 4.69) is 29.6 Å². The molecule has 8 rings (SSSR count). The number of benzene rings is 4. The van der Waals surface area contributed by atoms with E-state index in [1.165, 1.54) is 62.9 Å². The highest BCUT2D eigenvalue weighted by atomic mass is 32.2. The predicted octanol–water partition coefficient (Wildman–Crippen LogP) is 12.8. The molecule has 0 aliphatic carbocycles. The number of carbonyl (C=O) groups excluding carboxylic acids is 1. The number of rotatable bonds is 29. The highest BCUT2D eigenvalue weighted by Gasteiger charge is 2.33. The van der Waals surface area contributed by atoms with Crippen molar-refractivity contribution in [2.75, 3.05) is 27.4 Å². The first-order chi connectivity index (χ1) is 45.8. The SMILES string of the molecule is CC(C)c1c(F)c(OC(F)F)cc(-c2ccnc(OCC(C)(C)n3cc(S(N)(=O)=O)cn3)c2)c1CC(=O)O.COc1ccc(CN(Cc2ccc(OC)cc2)S(=O)(=O)c2cnn(C(C)(C)COc3cc(-c4cc(OC(F)F)c(F)c(C(C)C)c4CC(=O)OC(C)(C)C)ccn3)c2)cc1. The molecule has 0 amide bonds. The summed E-state index contributed by atoms with van der Waals surface area (Å²) in [5.41, 5.74) is 0.370. The van der Waals surface area contributed by atoms with Crippen molar-refractivity contribution < 1.29 is 91.0 Å². The van der Waals surface area contributed by atoms with E-state index in [0.717, 1.165) is 29.5 Å². The molecule has 0 spiro atoms. The number of esters is 1. The molecule has 4 heterocycles. The van der Waals surface area contributed by atoms with Crippen LogP contribution in [0.4, 0.5) is 26.3 Å². The van der Waals surface area contributed by atoms with Crippen molar-refractivity contribution in [2.45, 2.75) is 154 Å². The summed E-state index contributed by atoms with van der Waals surface area (Å²) < 4.78 is 177. The molecule has 3 N–H and O–H groups in total. The third-order valence-corrected chi connectivity index (χ3v) is 17.6. The maximum Gasteiger partial charge on any atom is 0.387 e. The number of pyridine rings is 2. The lowest BCUT2D eigenvalue weighted by Crippen LogP contribution is -2.34. The molecular weight excluding hydrogens is 1330 g/mol. The standard InChI is InChI=1S/C44H51F3N4O8S.C24H27F3N4O6S/c1-28(2)40-36(22-39(52)59-43(3,4)5)35(21-37(41(40)45)58-42(46)47)31-18-19-48-38(20-31)57-27-44(6,7)51-26-34(23-49-51)60(53,54)50(24-29-10-14-32(55-8)15-11-29)25-30-12-16-33(56-9)17-13-30;1-13(2)21-17(9-20(32)33)16(8-18(22(21)25)37-23(26)27)14-5-6-29-19(7-14)36-12-24(3,4)31-11-15(10-30-31)38(28,34)35/h10-21,23,26,28,42H,22,24-25,27H2,1-9H3;5-8,10-11,13,23H,9,12H2,1-4H3,(H,32,33)(H2,28,34,35). The van der Waals surface area contributed by atoms with E-state index in [1.54, 1.807) is 145 Å². The minimum Gasteiger partial charge on any atom is -0.497 e. The molecule has 528 valence electrons. The van der Waals surface area contributed by atoms with Crippen LogP contribution in [0.15, 0.2) is 132 Å². The number of halogens is 6. The van der Waals surface area contributed by atoms with E-state index < -0.39 is 103 Å². The average Bonchev–Trinajstić information content (AvgIpc) is 1.05. The largest absolute Gasteiger partial charge is 0.497 e. The van der Waals surface area contributed by atoms with Crippen molar-refractivity contribution in [1.82, 2.24) is 33.8 Å². The third-order valence-electron chi connectivity index (χ3n) is 15.0. The van der Waals surface area contributed by atoms with Gasteiger partial charge in [-0.15, -0.1) is 0 Å². The van der Waals surface area contributed by atoms with Gasteiger partial charge in [0.25, 0.3) is 0 Å². The number of hydrogen-bond donors (Lipinski definition) is 2. The molecule has 8 aromatic rings. The molecule has 0 atom stereocenters. The Hall–Kier alpha value is -9.26. The minimum absolute atomic E-state index is 0.0302. The Kier molecular flexibility index (Phi) is 24.5. The lowest BCUT2D eigenvalue weighted by Gasteiger charge is -2.26. The fourth-order valence-electron chi connectivity index (χ4n) is 10.3. The first-order valence-corrected chi connectivity index (χ1v) is 33.4. The molecule has 30 heteroatoms. The molecule has 0 unspecified atom stereocenters. The summed E-state index contributed by atoms with van der Waals surface area (Å²) in [6.07, 6.45) is 6.98. The van der Waals surface area contributed by atoms with Crippen LogP contribution in [0.3, 0.4) is 0 Å². The van der Waals surface area contributed by atoms with Crippen molar-refractivity contribution >= 4 is 32.0 Å². The van der Waals surface area contributed by atoms with Crippen molar-refractivity contribution in [2.24, 2.45) is 5.14 Å². The van der Waals surface area contributed by atoms with Gasteiger partial charge in [0.05, 0.1) is 50.5 Å². The topological polar surface area (TPSA) is 278 Å². The Balaban J connectivity index is 0.000000306. The van der Waals surface area contributed by atoms with Crippen molar-refractivity contribution in [3.8, 4) is 57.0 Å². The number of primary sulfonamides is 1. The average molecular weight is 1410 g/mol. The number of carboxylic acids is 1. The van der Waals surface area contributed by atoms with E-state index in [4.69, 9.17) is 28.8 Å². The van der Waals surface area contributed by atoms with Crippen LogP contribution < -0.4 is 33.6 Å². The number of carbonyl (C=O) groups is 2. The van der Waals surface area contributed by atoms with Crippen molar-refractivity contribution in [3.05, 3.63) is 167 Å². The van der Waals surface area contributed by atoms with Gasteiger partial charge in [0.2, 0.25) is 31.8 Å². The van der Waals surface area contributed by atoms with E-state index >= 15 is 8.78 Å². The van der Waals surface area contributed by atoms with Crippen LogP contribution in [0.5, 0.6) is 34.8 Å². The fraction of sp³-hybridized carbons (Fsp3) is 0.382. The molecule has 0 aliphatic heterocycles. The molecular formula is C68H78F6N8O14S2. The Morgan fingerprint density at radius 1 is 0.602 bits per heavy atom. The van der Waals surface area contributed by atoms with Gasteiger partial charge < -0.3 is 38.3 Å². The van der Waals surface area contributed by atoms with E-state index in [-0.39, 0.29) is 87.7 Å². The normalized spacial score (nSPS) is 12.3. The van der Waals surface area contributed by atoms with Gasteiger partial charge >= 0.3 is 25.2 Å². The van der Waals surface area contributed by atoms with Crippen LogP contribution in [0, 0.1) is 11.6 Å². The molecule has 0 saturated heterocycles. The number of hydrogen-bond acceptors (Lipinski definition) is 17. The maximum atomic E-state index is 15.8. The number of methoxy groups -OCH3 is 2. The Morgan fingerprint density at radius 3 is 1.36 bits per heavy atom. The summed E-state index contributed by atoms with van der Waals surface area (Å²) in [4.78, 5) is 33.0. The molecule has 0 saturated carbocycles. The third kappa shape index (κ3) is 19.7. The zero-order valence-electron chi connectivity index (χ0n) is 56.1. The summed E-state index contributed by atoms with van der Waals surface area (Å²) in [7, 11) is -4.93. The highest BCUT2D eigenvalue weighted by Crippen LogP contribution is 2.42. The predicted molar refractivity (Wildman–Crippen MR) is 349 cm³/mol. The first kappa shape index (κ1) is 76.1. The number of nitrogens with zero attached hydrogens (tertiary/aromatic N) is 7. The summed E-state index contributed by atoms with van der Waals surface area (Å²) in [6, 6.07) is 22.5. The number of sulfonamides is 2. The molecule has 0 radical (unpaired) electrons. The number of alkyl halides is 4. The second kappa shape index (κ2) is 31.5. The Labute approximate surface area is 564 Å². The van der Waals surface area contributed by atoms with Gasteiger partial charge in [0, 0.05) is 50.0 Å². The van der Waals surface area contributed by atoms with Gasteiger partial charge in [-0.2, -0.15) is 32.1 Å². The quantitative estimate of drug-likeness (QED) is 0.0325. The van der Waals surface area contributed by atoms with Crippen molar-refractivity contribution in [1.29, 1.82) is 0 Å². The second-order valence-electron chi connectivity index (χ2n) is 25.4. The molecule has 0 bridgehead atoms. The van der Waals surface area contributed by atoms with E-state index in [9.17, 15) is 49.1 Å². The number of aromatic nitrogens is 6. The zero-order valence-corrected chi connectivity index (χ0v) is 57.8. The summed E-state index contributed by atoms with van der Waals surface area (Å²) in [6.45, 7) is 12.2. The molecule has 22 nitrogen and oxygen atoms in total. The van der Waals surface area contributed by atoms with Crippen LogP contribution >= 0.6 is 0 Å². The van der Waals surface area contributed by atoms with Gasteiger partial charge in [-0.05, 0) is 164 Å².